The van der Waals surface area contributed by atoms with Crippen LogP contribution in [0, 0.1) is 0 Å². The van der Waals surface area contributed by atoms with Gasteiger partial charge in [0.15, 0.2) is 0 Å². The third-order valence-corrected chi connectivity index (χ3v) is 3.46. The molecule has 0 unspecified atom stereocenters. The van der Waals surface area contributed by atoms with Crippen molar-refractivity contribution in [1.29, 1.82) is 0 Å². The molecule has 20 heavy (non-hydrogen) atoms. The number of phenols is 1. The molecule has 0 amide bonds. The number of aromatic hydroxyl groups is 1. The van der Waals surface area contributed by atoms with Gasteiger partial charge in [-0.1, -0.05) is 24.3 Å². The number of thiocarbonyl (C=S) groups is 1. The van der Waals surface area contributed by atoms with Crippen LogP contribution in [0.15, 0.2) is 45.5 Å². The van der Waals surface area contributed by atoms with E-state index in [0.29, 0.717) is 5.39 Å². The summed E-state index contributed by atoms with van der Waals surface area (Å²) in [7, 11) is -4.48. The van der Waals surface area contributed by atoms with Crippen molar-refractivity contribution in [3.63, 3.8) is 0 Å². The Morgan fingerprint density at radius 1 is 1.25 bits per heavy atom. The Hall–Kier alpha value is -2.10. The quantitative estimate of drug-likeness (QED) is 0.443. The summed E-state index contributed by atoms with van der Waals surface area (Å²) < 4.78 is 31.8. The van der Waals surface area contributed by atoms with Crippen LogP contribution in [0.3, 0.4) is 0 Å². The minimum Gasteiger partial charge on any atom is -0.506 e. The van der Waals surface area contributed by atoms with Gasteiger partial charge in [0.25, 0.3) is 10.1 Å². The van der Waals surface area contributed by atoms with Gasteiger partial charge in [0.1, 0.15) is 16.3 Å². The van der Waals surface area contributed by atoms with Crippen LogP contribution in [0.2, 0.25) is 0 Å². The molecule has 0 aliphatic rings. The largest absolute Gasteiger partial charge is 0.506 e. The van der Waals surface area contributed by atoms with Crippen molar-refractivity contribution in [3.05, 3.63) is 30.3 Å². The highest BCUT2D eigenvalue weighted by Gasteiger charge is 2.19. The highest BCUT2D eigenvalue weighted by Crippen LogP contribution is 2.39. The van der Waals surface area contributed by atoms with Gasteiger partial charge in [-0.15, -0.1) is 10.2 Å². The van der Waals surface area contributed by atoms with Crippen molar-refractivity contribution < 1.29 is 18.1 Å². The highest BCUT2D eigenvalue weighted by atomic mass is 32.2. The van der Waals surface area contributed by atoms with E-state index in [-0.39, 0.29) is 16.2 Å². The van der Waals surface area contributed by atoms with E-state index in [4.69, 9.17) is 5.73 Å². The smallest absolute Gasteiger partial charge is 0.295 e. The first kappa shape index (κ1) is 14.3. The van der Waals surface area contributed by atoms with Gasteiger partial charge in [-0.05, 0) is 12.2 Å². The number of hydrogen-bond donors (Lipinski definition) is 3. The first-order chi connectivity index (χ1) is 9.30. The summed E-state index contributed by atoms with van der Waals surface area (Å²) in [5.41, 5.74) is 5.20. The molecule has 104 valence electrons. The number of rotatable bonds is 2. The van der Waals surface area contributed by atoms with E-state index in [1.54, 1.807) is 12.1 Å². The molecule has 0 aliphatic heterocycles. The number of nitrogens with zero attached hydrogens (tertiary/aromatic N) is 2. The van der Waals surface area contributed by atoms with Crippen molar-refractivity contribution in [2.75, 3.05) is 0 Å². The molecule has 4 N–H and O–H groups in total. The number of azo groups is 1. The van der Waals surface area contributed by atoms with Crippen molar-refractivity contribution in [1.82, 2.24) is 0 Å². The van der Waals surface area contributed by atoms with Crippen molar-refractivity contribution in [2.45, 2.75) is 4.90 Å². The van der Waals surface area contributed by atoms with E-state index in [9.17, 15) is 18.1 Å². The lowest BCUT2D eigenvalue weighted by atomic mass is 10.1. The second-order valence-electron chi connectivity index (χ2n) is 3.80. The molecule has 9 heteroatoms. The third kappa shape index (κ3) is 2.74. The Morgan fingerprint density at radius 2 is 1.85 bits per heavy atom. The van der Waals surface area contributed by atoms with Gasteiger partial charge in [-0.2, -0.15) is 8.42 Å². The molecule has 0 aromatic heterocycles. The molecule has 0 spiro atoms. The maximum absolute atomic E-state index is 11.3. The third-order valence-electron chi connectivity index (χ3n) is 2.48. The van der Waals surface area contributed by atoms with Crippen molar-refractivity contribution in [3.8, 4) is 5.75 Å². The zero-order valence-corrected chi connectivity index (χ0v) is 11.5. The van der Waals surface area contributed by atoms with E-state index in [1.807, 2.05) is 0 Å². The summed E-state index contributed by atoms with van der Waals surface area (Å²) in [5.74, 6) is -0.462. The molecule has 0 heterocycles. The standard InChI is InChI=1S/C11H9N3O4S2/c12-11(19)14-13-10-7-4-2-1-3-6(7)9(5-8(10)15)20(16,17)18/h1-5,15H,(H2,12,19)(H,16,17,18). The molecular weight excluding hydrogens is 302 g/mol. The molecule has 7 nitrogen and oxygen atoms in total. The van der Waals surface area contributed by atoms with Gasteiger partial charge < -0.3 is 10.8 Å². The van der Waals surface area contributed by atoms with E-state index in [0.717, 1.165) is 6.07 Å². The second kappa shape index (κ2) is 5.12. The fourth-order valence-electron chi connectivity index (χ4n) is 1.73. The van der Waals surface area contributed by atoms with Gasteiger partial charge in [-0.25, -0.2) is 0 Å². The van der Waals surface area contributed by atoms with Crippen LogP contribution in [-0.2, 0) is 10.1 Å². The summed E-state index contributed by atoms with van der Waals surface area (Å²) in [6.07, 6.45) is 0. The van der Waals surface area contributed by atoms with Crippen LogP contribution in [0.25, 0.3) is 10.8 Å². The molecule has 0 radical (unpaired) electrons. The average molecular weight is 311 g/mol. The molecule has 0 aliphatic carbocycles. The predicted molar refractivity (Wildman–Crippen MR) is 76.7 cm³/mol. The van der Waals surface area contributed by atoms with Crippen LogP contribution >= 0.6 is 12.2 Å². The fourth-order valence-corrected chi connectivity index (χ4v) is 2.49. The number of phenolic OH excluding ortho intramolecular Hbond substituents is 1. The predicted octanol–water partition coefficient (Wildman–Crippen LogP) is 2.12. The van der Waals surface area contributed by atoms with Gasteiger partial charge in [0.05, 0.1) is 0 Å². The molecule has 0 atom stereocenters. The van der Waals surface area contributed by atoms with E-state index < -0.39 is 20.8 Å². The molecule has 0 fully saturated rings. The lowest BCUT2D eigenvalue weighted by Crippen LogP contribution is -2.02. The van der Waals surface area contributed by atoms with Gasteiger partial charge >= 0.3 is 0 Å². The molecule has 2 aromatic rings. The first-order valence-electron chi connectivity index (χ1n) is 5.24. The zero-order chi connectivity index (χ0) is 14.9. The van der Waals surface area contributed by atoms with Crippen LogP contribution in [0.4, 0.5) is 5.69 Å². The average Bonchev–Trinajstić information content (AvgIpc) is 2.35. The Labute approximate surface area is 119 Å². The second-order valence-corrected chi connectivity index (χ2v) is 5.61. The number of hydrogen-bond acceptors (Lipinski definition) is 5. The summed E-state index contributed by atoms with van der Waals surface area (Å²) in [6.45, 7) is 0. The minimum atomic E-state index is -4.48. The van der Waals surface area contributed by atoms with E-state index in [2.05, 4.69) is 22.4 Å². The molecule has 0 saturated carbocycles. The maximum Gasteiger partial charge on any atom is 0.295 e. The monoisotopic (exact) mass is 311 g/mol. The molecule has 2 rings (SSSR count). The maximum atomic E-state index is 11.3. The molecule has 0 saturated heterocycles. The number of nitrogens with two attached hydrogens (primary N) is 1. The number of benzene rings is 2. The van der Waals surface area contributed by atoms with Crippen LogP contribution in [0.5, 0.6) is 5.75 Å². The lowest BCUT2D eigenvalue weighted by Gasteiger charge is -2.08. The Balaban J connectivity index is 2.87. The molecule has 2 aromatic carbocycles. The fraction of sp³-hybridized carbons (Fsp3) is 0. The molecule has 0 bridgehead atoms. The summed E-state index contributed by atoms with van der Waals surface area (Å²) in [6, 6.07) is 7.10. The highest BCUT2D eigenvalue weighted by molar-refractivity contribution is 7.86. The minimum absolute atomic E-state index is 0.0146. The summed E-state index contributed by atoms with van der Waals surface area (Å²) in [5, 5.41) is 17.3. The Morgan fingerprint density at radius 3 is 2.40 bits per heavy atom. The van der Waals surface area contributed by atoms with Crippen molar-refractivity contribution >= 4 is 43.9 Å². The zero-order valence-electron chi connectivity index (χ0n) is 9.89. The van der Waals surface area contributed by atoms with Gasteiger partial charge in [0.2, 0.25) is 5.11 Å². The molecular formula is C11H9N3O4S2. The normalized spacial score (nSPS) is 12.1. The van der Waals surface area contributed by atoms with E-state index >= 15 is 0 Å². The topological polar surface area (TPSA) is 125 Å². The lowest BCUT2D eigenvalue weighted by molar-refractivity contribution is 0.468. The SMILES string of the molecule is NC(=S)N=Nc1c(O)cc(S(=O)(=O)O)c2ccccc12. The van der Waals surface area contributed by atoms with Crippen LogP contribution in [0.1, 0.15) is 0 Å². The number of fused-ring (bicyclic) bond motifs is 1. The van der Waals surface area contributed by atoms with Crippen LogP contribution in [-0.4, -0.2) is 23.2 Å². The van der Waals surface area contributed by atoms with Crippen molar-refractivity contribution in [2.24, 2.45) is 16.0 Å². The van der Waals surface area contributed by atoms with Gasteiger partial charge in [0, 0.05) is 16.8 Å². The van der Waals surface area contributed by atoms with Gasteiger partial charge in [-0.3, -0.25) is 4.55 Å². The summed E-state index contributed by atoms with van der Waals surface area (Å²) >= 11 is 4.55. The Bertz CT molecular complexity index is 831. The summed E-state index contributed by atoms with van der Waals surface area (Å²) in [4.78, 5) is -0.417. The van der Waals surface area contributed by atoms with Crippen LogP contribution < -0.4 is 5.73 Å². The Kier molecular flexibility index (Phi) is 3.66. The first-order valence-corrected chi connectivity index (χ1v) is 7.09. The van der Waals surface area contributed by atoms with E-state index in [1.165, 1.54) is 12.1 Å².